The smallest absolute Gasteiger partial charge is 0.252 e. The third-order valence-electron chi connectivity index (χ3n) is 4.25. The number of quaternary nitrogens is 1. The van der Waals surface area contributed by atoms with Gasteiger partial charge in [0.05, 0.1) is 37.4 Å². The SMILES string of the molecule is Cc1cccc2sc(N(CC[NH+](C)C)C(=O)/C=C/c3ccccc3Cl)nc12. The molecule has 3 aromatic rings. The molecule has 2 aromatic carbocycles. The third kappa shape index (κ3) is 4.75. The van der Waals surface area contributed by atoms with Crippen LogP contribution in [0.15, 0.2) is 48.5 Å². The zero-order valence-corrected chi connectivity index (χ0v) is 17.3. The monoisotopic (exact) mass is 400 g/mol. The molecule has 6 heteroatoms. The number of thiazole rings is 1. The zero-order valence-electron chi connectivity index (χ0n) is 15.7. The first-order valence-corrected chi connectivity index (χ1v) is 10.0. The lowest BCUT2D eigenvalue weighted by Crippen LogP contribution is -3.06. The Morgan fingerprint density at radius 1 is 1.22 bits per heavy atom. The van der Waals surface area contributed by atoms with Crippen molar-refractivity contribution in [2.75, 3.05) is 32.1 Å². The Bertz CT molecular complexity index is 980. The molecule has 0 unspecified atom stereocenters. The molecule has 0 saturated carbocycles. The molecule has 0 aliphatic carbocycles. The van der Waals surface area contributed by atoms with Gasteiger partial charge in [0.25, 0.3) is 5.91 Å². The standard InChI is InChI=1S/C21H22ClN3OS/c1-15-7-6-10-18-20(15)23-21(27-18)25(14-13-24(2)3)19(26)12-11-16-8-4-5-9-17(16)22/h4-12H,13-14H2,1-3H3/p+1/b12-11+. The normalized spacial score (nSPS) is 11.6. The molecule has 1 heterocycles. The Balaban J connectivity index is 1.91. The van der Waals surface area contributed by atoms with Gasteiger partial charge < -0.3 is 4.90 Å². The maximum Gasteiger partial charge on any atom is 0.252 e. The summed E-state index contributed by atoms with van der Waals surface area (Å²) in [6, 6.07) is 13.6. The summed E-state index contributed by atoms with van der Waals surface area (Å²) in [4.78, 5) is 20.7. The number of aryl methyl sites for hydroxylation is 1. The summed E-state index contributed by atoms with van der Waals surface area (Å²) in [5.41, 5.74) is 2.90. The number of likely N-dealkylation sites (N-methyl/N-ethyl adjacent to an activating group) is 1. The molecule has 140 valence electrons. The predicted molar refractivity (Wildman–Crippen MR) is 115 cm³/mol. The van der Waals surface area contributed by atoms with Crippen molar-refractivity contribution in [2.24, 2.45) is 0 Å². The summed E-state index contributed by atoms with van der Waals surface area (Å²) in [5, 5.41) is 1.36. The molecule has 0 saturated heterocycles. The van der Waals surface area contributed by atoms with Gasteiger partial charge in [-0.25, -0.2) is 4.98 Å². The maximum absolute atomic E-state index is 13.0. The number of para-hydroxylation sites is 1. The summed E-state index contributed by atoms with van der Waals surface area (Å²) in [5.74, 6) is -0.0899. The van der Waals surface area contributed by atoms with Crippen LogP contribution in [-0.2, 0) is 4.79 Å². The Morgan fingerprint density at radius 3 is 2.70 bits per heavy atom. The number of amides is 1. The van der Waals surface area contributed by atoms with Crippen LogP contribution in [-0.4, -0.2) is 38.1 Å². The number of rotatable bonds is 6. The second-order valence-corrected chi connectivity index (χ2v) is 8.14. The van der Waals surface area contributed by atoms with Crippen LogP contribution in [0.25, 0.3) is 16.3 Å². The van der Waals surface area contributed by atoms with E-state index >= 15 is 0 Å². The number of benzene rings is 2. The van der Waals surface area contributed by atoms with E-state index in [0.29, 0.717) is 11.6 Å². The van der Waals surface area contributed by atoms with E-state index < -0.39 is 0 Å². The molecule has 0 fully saturated rings. The molecule has 3 rings (SSSR count). The Labute approximate surface area is 168 Å². The molecule has 0 atom stereocenters. The highest BCUT2D eigenvalue weighted by atomic mass is 35.5. The number of hydrogen-bond donors (Lipinski definition) is 1. The van der Waals surface area contributed by atoms with Gasteiger partial charge in [0.1, 0.15) is 0 Å². The van der Waals surface area contributed by atoms with Crippen molar-refractivity contribution in [1.82, 2.24) is 4.98 Å². The highest BCUT2D eigenvalue weighted by Crippen LogP contribution is 2.30. The minimum Gasteiger partial charge on any atom is -0.338 e. The first kappa shape index (κ1) is 19.5. The van der Waals surface area contributed by atoms with Crippen molar-refractivity contribution in [1.29, 1.82) is 0 Å². The van der Waals surface area contributed by atoms with Gasteiger partial charge >= 0.3 is 0 Å². The van der Waals surface area contributed by atoms with Gasteiger partial charge in [-0.05, 0) is 36.3 Å². The first-order chi connectivity index (χ1) is 13.0. The maximum atomic E-state index is 13.0. The molecular formula is C21H23ClN3OS+. The lowest BCUT2D eigenvalue weighted by atomic mass is 10.2. The number of fused-ring (bicyclic) bond motifs is 1. The zero-order chi connectivity index (χ0) is 19.4. The molecule has 4 nitrogen and oxygen atoms in total. The van der Waals surface area contributed by atoms with Crippen molar-refractivity contribution in [2.45, 2.75) is 6.92 Å². The number of nitrogens with zero attached hydrogens (tertiary/aromatic N) is 2. The number of nitrogens with one attached hydrogen (secondary N) is 1. The number of aromatic nitrogens is 1. The van der Waals surface area contributed by atoms with Gasteiger partial charge in [-0.15, -0.1) is 0 Å². The van der Waals surface area contributed by atoms with E-state index in [1.807, 2.05) is 49.4 Å². The number of hydrogen-bond acceptors (Lipinski definition) is 3. The fourth-order valence-electron chi connectivity index (χ4n) is 2.69. The minimum absolute atomic E-state index is 0.0899. The van der Waals surface area contributed by atoms with Crippen LogP contribution >= 0.6 is 22.9 Å². The van der Waals surface area contributed by atoms with Crippen LogP contribution in [0, 0.1) is 6.92 Å². The third-order valence-corrected chi connectivity index (χ3v) is 5.64. The Morgan fingerprint density at radius 2 is 2.00 bits per heavy atom. The summed E-state index contributed by atoms with van der Waals surface area (Å²) >= 11 is 7.74. The summed E-state index contributed by atoms with van der Waals surface area (Å²) < 4.78 is 1.09. The van der Waals surface area contributed by atoms with Crippen molar-refractivity contribution in [3.05, 3.63) is 64.7 Å². The van der Waals surface area contributed by atoms with Crippen molar-refractivity contribution in [3.8, 4) is 0 Å². The average Bonchev–Trinajstić information content (AvgIpc) is 3.06. The van der Waals surface area contributed by atoms with Crippen molar-refractivity contribution >= 4 is 50.3 Å². The van der Waals surface area contributed by atoms with Crippen molar-refractivity contribution in [3.63, 3.8) is 0 Å². The van der Waals surface area contributed by atoms with Crippen LogP contribution < -0.4 is 9.80 Å². The Hall–Kier alpha value is -2.21. The van der Waals surface area contributed by atoms with Gasteiger partial charge in [-0.2, -0.15) is 0 Å². The molecule has 0 aliphatic rings. The quantitative estimate of drug-likeness (QED) is 0.643. The largest absolute Gasteiger partial charge is 0.338 e. The molecular weight excluding hydrogens is 378 g/mol. The van der Waals surface area contributed by atoms with E-state index in [1.165, 1.54) is 4.90 Å². The molecule has 0 aliphatic heterocycles. The highest BCUT2D eigenvalue weighted by molar-refractivity contribution is 7.22. The second-order valence-electron chi connectivity index (χ2n) is 6.72. The first-order valence-electron chi connectivity index (χ1n) is 8.85. The summed E-state index contributed by atoms with van der Waals surface area (Å²) in [7, 11) is 4.15. The molecule has 1 aromatic heterocycles. The fourth-order valence-corrected chi connectivity index (χ4v) is 3.96. The van der Waals surface area contributed by atoms with Crippen LogP contribution in [0.4, 0.5) is 5.13 Å². The van der Waals surface area contributed by atoms with Crippen LogP contribution in [0.5, 0.6) is 0 Å². The van der Waals surface area contributed by atoms with Crippen molar-refractivity contribution < 1.29 is 9.69 Å². The van der Waals surface area contributed by atoms with E-state index in [9.17, 15) is 4.79 Å². The molecule has 0 radical (unpaired) electrons. The van der Waals surface area contributed by atoms with Gasteiger partial charge in [0.2, 0.25) is 0 Å². The van der Waals surface area contributed by atoms with E-state index in [-0.39, 0.29) is 5.91 Å². The second kappa shape index (κ2) is 8.65. The van der Waals surface area contributed by atoms with Crippen LogP contribution in [0.3, 0.4) is 0 Å². The van der Waals surface area contributed by atoms with Crippen LogP contribution in [0.1, 0.15) is 11.1 Å². The molecule has 27 heavy (non-hydrogen) atoms. The number of anilines is 1. The number of halogens is 1. The van der Waals surface area contributed by atoms with Gasteiger partial charge in [-0.1, -0.05) is 53.3 Å². The van der Waals surface area contributed by atoms with Crippen LogP contribution in [0.2, 0.25) is 5.02 Å². The van der Waals surface area contributed by atoms with E-state index in [0.717, 1.165) is 33.0 Å². The summed E-state index contributed by atoms with van der Waals surface area (Å²) in [6.45, 7) is 3.48. The average molecular weight is 401 g/mol. The lowest BCUT2D eigenvalue weighted by Gasteiger charge is -2.19. The molecule has 0 spiro atoms. The van der Waals surface area contributed by atoms with Gasteiger partial charge in [-0.3, -0.25) is 9.69 Å². The topological polar surface area (TPSA) is 37.6 Å². The summed E-state index contributed by atoms with van der Waals surface area (Å²) in [6.07, 6.45) is 3.34. The highest BCUT2D eigenvalue weighted by Gasteiger charge is 2.19. The molecule has 1 amide bonds. The molecule has 1 N–H and O–H groups in total. The lowest BCUT2D eigenvalue weighted by molar-refractivity contribution is -0.856. The number of carbonyl (C=O) groups excluding carboxylic acids is 1. The predicted octanol–water partition coefficient (Wildman–Crippen LogP) is 3.45. The van der Waals surface area contributed by atoms with E-state index in [1.54, 1.807) is 28.4 Å². The van der Waals surface area contributed by atoms with E-state index in [2.05, 4.69) is 14.1 Å². The Kier molecular flexibility index (Phi) is 6.26. The molecule has 0 bridgehead atoms. The van der Waals surface area contributed by atoms with Gasteiger partial charge in [0, 0.05) is 11.1 Å². The van der Waals surface area contributed by atoms with Gasteiger partial charge in [0.15, 0.2) is 5.13 Å². The number of carbonyl (C=O) groups is 1. The van der Waals surface area contributed by atoms with E-state index in [4.69, 9.17) is 16.6 Å². The minimum atomic E-state index is -0.0899. The fraction of sp³-hybridized carbons (Fsp3) is 0.238.